The van der Waals surface area contributed by atoms with Crippen LogP contribution in [0.4, 0.5) is 0 Å². The smallest absolute Gasteiger partial charge is 0.339 e. The van der Waals surface area contributed by atoms with Gasteiger partial charge >= 0.3 is 5.97 Å². The number of ether oxygens (including phenoxy) is 1. The molecule has 4 rings (SSSR count). The Morgan fingerprint density at radius 1 is 0.933 bits per heavy atom. The van der Waals surface area contributed by atoms with E-state index < -0.39 is 11.6 Å². The van der Waals surface area contributed by atoms with E-state index in [9.17, 15) is 14.4 Å². The minimum atomic E-state index is -1.17. The van der Waals surface area contributed by atoms with Crippen LogP contribution in [0.2, 0.25) is 0 Å². The Labute approximate surface area is 177 Å². The molecule has 0 radical (unpaired) electrons. The molecule has 2 saturated heterocycles. The summed E-state index contributed by atoms with van der Waals surface area (Å²) in [7, 11) is 0. The van der Waals surface area contributed by atoms with Crippen molar-refractivity contribution in [3.8, 4) is 0 Å². The summed E-state index contributed by atoms with van der Waals surface area (Å²) in [5, 5.41) is 0. The van der Waals surface area contributed by atoms with Crippen molar-refractivity contribution in [2.24, 2.45) is 0 Å². The minimum absolute atomic E-state index is 0.149. The molecule has 0 bridgehead atoms. The van der Waals surface area contributed by atoms with E-state index in [2.05, 4.69) is 4.90 Å². The lowest BCUT2D eigenvalue weighted by Gasteiger charge is -2.41. The quantitative estimate of drug-likeness (QED) is 0.706. The standard InChI is InChI=1S/C23H31N3O4/c1-23(16-18-8-4-5-9-19(18)21(28)30-23)22(29)26-14-12-24(13-15-26)17-20(27)25-10-6-2-3-7-11-25/h4-5,8-9H,2-3,6-7,10-17H2,1H3. The van der Waals surface area contributed by atoms with Gasteiger partial charge in [0, 0.05) is 45.7 Å². The van der Waals surface area contributed by atoms with Crippen LogP contribution < -0.4 is 0 Å². The molecule has 1 unspecified atom stereocenters. The zero-order valence-electron chi connectivity index (χ0n) is 17.8. The highest BCUT2D eigenvalue weighted by Gasteiger charge is 2.45. The van der Waals surface area contributed by atoms with Crippen molar-refractivity contribution in [2.75, 3.05) is 45.8 Å². The van der Waals surface area contributed by atoms with Crippen LogP contribution in [-0.2, 0) is 20.7 Å². The third kappa shape index (κ3) is 4.36. The average Bonchev–Trinajstić information content (AvgIpc) is 3.03. The van der Waals surface area contributed by atoms with E-state index in [1.165, 1.54) is 12.8 Å². The molecule has 3 heterocycles. The number of benzene rings is 1. The molecule has 0 spiro atoms. The summed E-state index contributed by atoms with van der Waals surface area (Å²) < 4.78 is 5.59. The molecule has 1 aromatic rings. The van der Waals surface area contributed by atoms with Gasteiger partial charge in [-0.25, -0.2) is 4.79 Å². The molecule has 30 heavy (non-hydrogen) atoms. The monoisotopic (exact) mass is 413 g/mol. The van der Waals surface area contributed by atoms with Gasteiger partial charge in [-0.3, -0.25) is 14.5 Å². The van der Waals surface area contributed by atoms with Crippen LogP contribution in [0, 0.1) is 0 Å². The van der Waals surface area contributed by atoms with Crippen LogP contribution in [0.15, 0.2) is 24.3 Å². The lowest BCUT2D eigenvalue weighted by Crippen LogP contribution is -2.58. The lowest BCUT2D eigenvalue weighted by atomic mass is 9.88. The lowest BCUT2D eigenvalue weighted by molar-refractivity contribution is -0.153. The van der Waals surface area contributed by atoms with E-state index in [0.717, 1.165) is 31.5 Å². The number of nitrogens with zero attached hydrogens (tertiary/aromatic N) is 3. The zero-order chi connectivity index (χ0) is 21.1. The SMILES string of the molecule is CC1(C(=O)N2CCN(CC(=O)N3CCCCCC3)CC2)Cc2ccccc2C(=O)O1. The maximum Gasteiger partial charge on any atom is 0.339 e. The van der Waals surface area contributed by atoms with Crippen LogP contribution in [-0.4, -0.2) is 83.9 Å². The number of cyclic esters (lactones) is 1. The number of likely N-dealkylation sites (tertiary alicyclic amines) is 1. The summed E-state index contributed by atoms with van der Waals surface area (Å²) in [6, 6.07) is 7.30. The van der Waals surface area contributed by atoms with Gasteiger partial charge < -0.3 is 14.5 Å². The summed E-state index contributed by atoms with van der Waals surface area (Å²) >= 11 is 0. The first-order valence-electron chi connectivity index (χ1n) is 11.1. The Hall–Kier alpha value is -2.41. The number of esters is 1. The van der Waals surface area contributed by atoms with E-state index >= 15 is 0 Å². The fourth-order valence-electron chi connectivity index (χ4n) is 4.71. The molecular formula is C23H31N3O4. The number of carbonyl (C=O) groups is 3. The number of hydrogen-bond acceptors (Lipinski definition) is 5. The first-order valence-corrected chi connectivity index (χ1v) is 11.1. The predicted octanol–water partition coefficient (Wildman–Crippen LogP) is 1.70. The van der Waals surface area contributed by atoms with Gasteiger partial charge in [-0.2, -0.15) is 0 Å². The van der Waals surface area contributed by atoms with Crippen LogP contribution in [0.1, 0.15) is 48.5 Å². The second-order valence-electron chi connectivity index (χ2n) is 8.82. The van der Waals surface area contributed by atoms with Crippen LogP contribution >= 0.6 is 0 Å². The maximum absolute atomic E-state index is 13.2. The molecule has 162 valence electrons. The fraction of sp³-hybridized carbons (Fsp3) is 0.609. The van der Waals surface area contributed by atoms with Crippen molar-refractivity contribution in [2.45, 2.75) is 44.6 Å². The molecule has 1 atom stereocenters. The average molecular weight is 414 g/mol. The summed E-state index contributed by atoms with van der Waals surface area (Å²) in [5.41, 5.74) is 0.223. The maximum atomic E-state index is 13.2. The molecule has 0 N–H and O–H groups in total. The highest BCUT2D eigenvalue weighted by molar-refractivity contribution is 5.97. The number of piperazine rings is 1. The van der Waals surface area contributed by atoms with Crippen molar-refractivity contribution < 1.29 is 19.1 Å². The number of fused-ring (bicyclic) bond motifs is 1. The highest BCUT2D eigenvalue weighted by Crippen LogP contribution is 2.30. The minimum Gasteiger partial charge on any atom is -0.445 e. The van der Waals surface area contributed by atoms with Crippen molar-refractivity contribution >= 4 is 17.8 Å². The Balaban J connectivity index is 1.32. The van der Waals surface area contributed by atoms with Gasteiger partial charge in [0.25, 0.3) is 5.91 Å². The topological polar surface area (TPSA) is 70.2 Å². The molecule has 0 aromatic heterocycles. The summed E-state index contributed by atoms with van der Waals surface area (Å²) in [6.07, 6.45) is 4.99. The summed E-state index contributed by atoms with van der Waals surface area (Å²) in [4.78, 5) is 44.1. The predicted molar refractivity (Wildman–Crippen MR) is 112 cm³/mol. The Kier molecular flexibility index (Phi) is 6.09. The highest BCUT2D eigenvalue weighted by atomic mass is 16.6. The molecule has 7 heteroatoms. The number of amides is 2. The molecule has 1 aromatic carbocycles. The number of hydrogen-bond donors (Lipinski definition) is 0. The second kappa shape index (κ2) is 8.76. The number of rotatable bonds is 3. The van der Waals surface area contributed by atoms with Crippen molar-refractivity contribution in [3.63, 3.8) is 0 Å². The molecule has 7 nitrogen and oxygen atoms in total. The van der Waals surface area contributed by atoms with Gasteiger partial charge in [0.1, 0.15) is 0 Å². The number of carbonyl (C=O) groups excluding carboxylic acids is 3. The van der Waals surface area contributed by atoms with Gasteiger partial charge in [-0.1, -0.05) is 31.0 Å². The first kappa shape index (κ1) is 20.8. The third-order valence-electron chi connectivity index (χ3n) is 6.51. The zero-order valence-corrected chi connectivity index (χ0v) is 17.8. The molecule has 2 amide bonds. The van der Waals surface area contributed by atoms with Gasteiger partial charge in [0.05, 0.1) is 12.1 Å². The Morgan fingerprint density at radius 2 is 1.60 bits per heavy atom. The second-order valence-corrected chi connectivity index (χ2v) is 8.82. The van der Waals surface area contributed by atoms with E-state index in [1.807, 2.05) is 17.0 Å². The summed E-state index contributed by atoms with van der Waals surface area (Å²) in [5.74, 6) is -0.389. The van der Waals surface area contributed by atoms with Crippen molar-refractivity contribution in [1.82, 2.24) is 14.7 Å². The molecule has 0 saturated carbocycles. The van der Waals surface area contributed by atoms with E-state index in [-0.39, 0.29) is 11.8 Å². The normalized spacial score (nSPS) is 25.3. The van der Waals surface area contributed by atoms with Gasteiger partial charge in [0.15, 0.2) is 5.60 Å². The first-order chi connectivity index (χ1) is 14.5. The molecule has 3 aliphatic rings. The fourth-order valence-corrected chi connectivity index (χ4v) is 4.71. The van der Waals surface area contributed by atoms with Gasteiger partial charge in [-0.15, -0.1) is 0 Å². The van der Waals surface area contributed by atoms with Gasteiger partial charge in [-0.05, 0) is 31.4 Å². The van der Waals surface area contributed by atoms with Crippen LogP contribution in [0.5, 0.6) is 0 Å². The molecular weight excluding hydrogens is 382 g/mol. The van der Waals surface area contributed by atoms with E-state index in [4.69, 9.17) is 4.74 Å². The van der Waals surface area contributed by atoms with E-state index in [1.54, 1.807) is 24.0 Å². The molecule has 0 aliphatic carbocycles. The third-order valence-corrected chi connectivity index (χ3v) is 6.51. The Morgan fingerprint density at radius 3 is 2.30 bits per heavy atom. The van der Waals surface area contributed by atoms with E-state index in [0.29, 0.717) is 44.7 Å². The van der Waals surface area contributed by atoms with Crippen molar-refractivity contribution in [3.05, 3.63) is 35.4 Å². The summed E-state index contributed by atoms with van der Waals surface area (Å²) in [6.45, 7) is 6.25. The van der Waals surface area contributed by atoms with Crippen LogP contribution in [0.3, 0.4) is 0 Å². The van der Waals surface area contributed by atoms with Crippen LogP contribution in [0.25, 0.3) is 0 Å². The Bertz CT molecular complexity index is 810. The largest absolute Gasteiger partial charge is 0.445 e. The molecule has 3 aliphatic heterocycles. The van der Waals surface area contributed by atoms with Gasteiger partial charge in [0.2, 0.25) is 5.91 Å². The van der Waals surface area contributed by atoms with Crippen molar-refractivity contribution in [1.29, 1.82) is 0 Å². The molecule has 2 fully saturated rings.